The molecule has 1 aromatic carbocycles. The van der Waals surface area contributed by atoms with Crippen molar-refractivity contribution in [2.75, 3.05) is 19.7 Å². The van der Waals surface area contributed by atoms with E-state index in [9.17, 15) is 0 Å². The molecule has 2 aromatic rings. The van der Waals surface area contributed by atoms with Crippen LogP contribution in [0.1, 0.15) is 45.4 Å². The number of rotatable bonds is 9. The second-order valence-electron chi connectivity index (χ2n) is 6.68. The van der Waals surface area contributed by atoms with E-state index in [1.807, 2.05) is 0 Å². The maximum absolute atomic E-state index is 5.87. The zero-order valence-corrected chi connectivity index (χ0v) is 16.2. The zero-order chi connectivity index (χ0) is 16.8. The van der Waals surface area contributed by atoms with Crippen LogP contribution >= 0.6 is 23.6 Å². The molecule has 5 heteroatoms. The number of fused-ring (bicyclic) bond motifs is 1. The third-order valence-electron chi connectivity index (χ3n) is 4.73. The van der Waals surface area contributed by atoms with Crippen molar-refractivity contribution >= 4 is 33.8 Å². The summed E-state index contributed by atoms with van der Waals surface area (Å²) in [5.74, 6) is 0. The Morgan fingerprint density at radius 3 is 2.96 bits per heavy atom. The second-order valence-corrected chi connectivity index (χ2v) is 8.35. The van der Waals surface area contributed by atoms with Gasteiger partial charge in [0.1, 0.15) is 0 Å². The first-order valence-electron chi connectivity index (χ1n) is 9.20. The van der Waals surface area contributed by atoms with Crippen molar-refractivity contribution in [2.24, 2.45) is 0 Å². The minimum absolute atomic E-state index is 0.398. The highest BCUT2D eigenvalue weighted by Gasteiger charge is 2.20. The summed E-state index contributed by atoms with van der Waals surface area (Å²) in [5, 5.41) is 0. The number of unbranched alkanes of at least 4 members (excludes halogenated alkanes) is 3. The lowest BCUT2D eigenvalue weighted by molar-refractivity contribution is 0.0620. The summed E-state index contributed by atoms with van der Waals surface area (Å²) in [7, 11) is 0. The molecule has 24 heavy (non-hydrogen) atoms. The van der Waals surface area contributed by atoms with Crippen LogP contribution in [-0.2, 0) is 11.4 Å². The summed E-state index contributed by atoms with van der Waals surface area (Å²) >= 11 is 7.35. The zero-order valence-electron chi connectivity index (χ0n) is 14.6. The first kappa shape index (κ1) is 18.1. The first-order valence-corrected chi connectivity index (χ1v) is 10.4. The van der Waals surface area contributed by atoms with Crippen molar-refractivity contribution in [3.05, 3.63) is 28.2 Å². The summed E-state index contributed by atoms with van der Waals surface area (Å²) in [6.07, 6.45) is 7.98. The van der Waals surface area contributed by atoms with E-state index in [-0.39, 0.29) is 0 Å². The summed E-state index contributed by atoms with van der Waals surface area (Å²) < 4.78 is 10.4. The normalized spacial score (nSPS) is 18.0. The third kappa shape index (κ3) is 4.66. The molecule has 3 rings (SSSR count). The van der Waals surface area contributed by atoms with Gasteiger partial charge in [-0.1, -0.05) is 38.3 Å². The van der Waals surface area contributed by atoms with Gasteiger partial charge in [-0.25, -0.2) is 0 Å². The molecule has 0 aliphatic carbocycles. The molecule has 1 unspecified atom stereocenters. The van der Waals surface area contributed by atoms with Crippen LogP contribution in [0.25, 0.3) is 10.2 Å². The number of hydrogen-bond acceptors (Lipinski definition) is 4. The Balaban J connectivity index is 1.71. The first-order chi connectivity index (χ1) is 11.8. The Bertz CT molecular complexity index is 688. The molecule has 0 spiro atoms. The van der Waals surface area contributed by atoms with Gasteiger partial charge in [0.15, 0.2) is 3.95 Å². The highest BCUT2D eigenvalue weighted by Crippen LogP contribution is 2.24. The molecule has 1 aromatic heterocycles. The minimum Gasteiger partial charge on any atom is -0.377 e. The number of aromatic nitrogens is 1. The van der Waals surface area contributed by atoms with E-state index in [2.05, 4.69) is 40.7 Å². The van der Waals surface area contributed by atoms with Crippen molar-refractivity contribution in [1.82, 2.24) is 9.47 Å². The van der Waals surface area contributed by atoms with Gasteiger partial charge in [0, 0.05) is 13.2 Å². The summed E-state index contributed by atoms with van der Waals surface area (Å²) in [6, 6.07) is 8.54. The van der Waals surface area contributed by atoms with Crippen LogP contribution in [0.2, 0.25) is 0 Å². The smallest absolute Gasteiger partial charge is 0.163 e. The predicted octanol–water partition coefficient (Wildman–Crippen LogP) is 5.45. The van der Waals surface area contributed by atoms with Crippen LogP contribution in [0.3, 0.4) is 0 Å². The average molecular weight is 365 g/mol. The van der Waals surface area contributed by atoms with E-state index < -0.39 is 0 Å². The number of para-hydroxylation sites is 1. The molecule has 2 heterocycles. The molecule has 1 fully saturated rings. The van der Waals surface area contributed by atoms with Gasteiger partial charge in [0.05, 0.1) is 23.0 Å². The van der Waals surface area contributed by atoms with Crippen LogP contribution in [0.15, 0.2) is 24.3 Å². The topological polar surface area (TPSA) is 17.4 Å². The van der Waals surface area contributed by atoms with E-state index >= 15 is 0 Å². The van der Waals surface area contributed by atoms with E-state index in [1.165, 1.54) is 48.7 Å². The fraction of sp³-hybridized carbons (Fsp3) is 0.632. The number of thiazole rings is 1. The van der Waals surface area contributed by atoms with E-state index in [0.29, 0.717) is 6.10 Å². The predicted molar refractivity (Wildman–Crippen MR) is 105 cm³/mol. The van der Waals surface area contributed by atoms with Crippen LogP contribution in [0.5, 0.6) is 0 Å². The fourth-order valence-corrected chi connectivity index (χ4v) is 4.72. The van der Waals surface area contributed by atoms with E-state index in [4.69, 9.17) is 17.0 Å². The molecule has 0 amide bonds. The maximum atomic E-state index is 5.87. The quantitative estimate of drug-likeness (QED) is 0.435. The van der Waals surface area contributed by atoms with Crippen molar-refractivity contribution in [2.45, 2.75) is 58.2 Å². The Labute approximate surface area is 154 Å². The van der Waals surface area contributed by atoms with E-state index in [0.717, 1.165) is 30.3 Å². The van der Waals surface area contributed by atoms with Gasteiger partial charge >= 0.3 is 0 Å². The summed E-state index contributed by atoms with van der Waals surface area (Å²) in [5.41, 5.74) is 1.26. The van der Waals surface area contributed by atoms with Gasteiger partial charge in [-0.3, -0.25) is 4.90 Å². The molecule has 1 saturated heterocycles. The molecule has 0 radical (unpaired) electrons. The number of hydrogen-bond donors (Lipinski definition) is 0. The van der Waals surface area contributed by atoms with Crippen LogP contribution in [0.4, 0.5) is 0 Å². The molecule has 3 nitrogen and oxygen atoms in total. The van der Waals surface area contributed by atoms with Gasteiger partial charge in [-0.05, 0) is 50.2 Å². The van der Waals surface area contributed by atoms with Crippen molar-refractivity contribution in [1.29, 1.82) is 0 Å². The molecular formula is C19H28N2OS2. The molecule has 0 saturated carbocycles. The lowest BCUT2D eigenvalue weighted by Crippen LogP contribution is -2.34. The highest BCUT2D eigenvalue weighted by atomic mass is 32.1. The monoisotopic (exact) mass is 364 g/mol. The number of nitrogens with zero attached hydrogens (tertiary/aromatic N) is 2. The molecule has 132 valence electrons. The van der Waals surface area contributed by atoms with Gasteiger partial charge in [0.25, 0.3) is 0 Å². The Morgan fingerprint density at radius 1 is 1.29 bits per heavy atom. The second kappa shape index (κ2) is 9.09. The van der Waals surface area contributed by atoms with Gasteiger partial charge < -0.3 is 9.30 Å². The fourth-order valence-electron chi connectivity index (χ4n) is 3.41. The van der Waals surface area contributed by atoms with Gasteiger partial charge in [-0.2, -0.15) is 0 Å². The molecule has 0 bridgehead atoms. The lowest BCUT2D eigenvalue weighted by atomic mass is 10.2. The number of ether oxygens (including phenoxy) is 1. The molecule has 1 aliphatic rings. The Morgan fingerprint density at radius 2 is 2.17 bits per heavy atom. The minimum atomic E-state index is 0.398. The summed E-state index contributed by atoms with van der Waals surface area (Å²) in [6.45, 7) is 6.23. The van der Waals surface area contributed by atoms with Crippen LogP contribution in [0, 0.1) is 3.95 Å². The van der Waals surface area contributed by atoms with Gasteiger partial charge in [-0.15, -0.1) is 11.3 Å². The standard InChI is InChI=1S/C19H28N2OS2/c1-2-3-4-7-12-20(14-16-9-8-13-22-16)15-21-17-10-5-6-11-18(17)24-19(21)23/h5-6,10-11,16H,2-4,7-9,12-15H2,1H3. The van der Waals surface area contributed by atoms with Crippen LogP contribution in [-0.4, -0.2) is 35.3 Å². The van der Waals surface area contributed by atoms with Gasteiger partial charge in [0.2, 0.25) is 0 Å². The highest BCUT2D eigenvalue weighted by molar-refractivity contribution is 7.73. The molecule has 1 atom stereocenters. The third-order valence-corrected chi connectivity index (χ3v) is 6.16. The number of benzene rings is 1. The van der Waals surface area contributed by atoms with Crippen molar-refractivity contribution < 1.29 is 4.74 Å². The average Bonchev–Trinajstić information content (AvgIpc) is 3.20. The van der Waals surface area contributed by atoms with Crippen LogP contribution < -0.4 is 0 Å². The van der Waals surface area contributed by atoms with Crippen molar-refractivity contribution in [3.8, 4) is 0 Å². The Hall–Kier alpha value is -0.750. The van der Waals surface area contributed by atoms with E-state index in [1.54, 1.807) is 11.3 Å². The SMILES string of the molecule is CCCCCCN(CC1CCCO1)Cn1c(=S)sc2ccccc21. The van der Waals surface area contributed by atoms with Crippen molar-refractivity contribution in [3.63, 3.8) is 0 Å². The molecular weight excluding hydrogens is 336 g/mol. The summed E-state index contributed by atoms with van der Waals surface area (Å²) in [4.78, 5) is 2.54. The largest absolute Gasteiger partial charge is 0.377 e. The molecule has 0 N–H and O–H groups in total. The lowest BCUT2D eigenvalue weighted by Gasteiger charge is -2.26. The maximum Gasteiger partial charge on any atom is 0.163 e. The molecule has 1 aliphatic heterocycles. The Kier molecular flexibility index (Phi) is 6.84.